The maximum atomic E-state index is 12.5. The smallest absolute Gasteiger partial charge is 0.272 e. The van der Waals surface area contributed by atoms with Crippen LogP contribution in [-0.4, -0.2) is 43.3 Å². The molecule has 0 aliphatic rings. The highest BCUT2D eigenvalue weighted by Crippen LogP contribution is 2.25. The summed E-state index contributed by atoms with van der Waals surface area (Å²) < 4.78 is 1.92. The summed E-state index contributed by atoms with van der Waals surface area (Å²) in [6.45, 7) is 5.07. The third-order valence-electron chi connectivity index (χ3n) is 4.54. The number of benzene rings is 1. The van der Waals surface area contributed by atoms with Crippen molar-refractivity contribution in [3.8, 4) is 0 Å². The van der Waals surface area contributed by atoms with E-state index >= 15 is 0 Å². The largest absolute Gasteiger partial charge is 0.351 e. The molecule has 0 saturated heterocycles. The number of carbonyl (C=O) groups excluding carboxylic acids is 2. The molecule has 0 aliphatic heterocycles. The molecule has 2 N–H and O–H groups in total. The molecule has 0 atom stereocenters. The lowest BCUT2D eigenvalue weighted by Crippen LogP contribution is -2.25. The molecule has 8 heteroatoms. The zero-order valence-electron chi connectivity index (χ0n) is 15.7. The minimum Gasteiger partial charge on any atom is -0.351 e. The summed E-state index contributed by atoms with van der Waals surface area (Å²) in [5.41, 5.74) is 2.30. The maximum Gasteiger partial charge on any atom is 0.272 e. The highest BCUT2D eigenvalue weighted by molar-refractivity contribution is 8.13. The number of nitrogens with one attached hydrogen (secondary N) is 2. The molecular formula is C19H25N5O2S. The fraction of sp³-hybridized carbons (Fsp3) is 0.474. The predicted octanol–water partition coefficient (Wildman–Crippen LogP) is 3.50. The molecule has 0 aliphatic carbocycles. The highest BCUT2D eigenvalue weighted by atomic mass is 32.2. The number of aryl methyl sites for hydroxylation is 1. The standard InChI is InChI=1S/C19H25N5O2S/c1-3-24-16-9-8-14-17(15(16)12-21-24)22-23-18(14)19(26)20-10-6-4-5-7-11-27-13(2)25/h8-9,12H,3-7,10-11H2,1-2H3,(H,20,26)(H,22,23). The Labute approximate surface area is 162 Å². The van der Waals surface area contributed by atoms with Gasteiger partial charge in [-0.1, -0.05) is 24.6 Å². The SMILES string of the molecule is CCn1ncc2c3[nH]nc(C(=O)NCCCCCCSC(C)=O)c3ccc21. The van der Waals surface area contributed by atoms with Gasteiger partial charge in [0.05, 0.1) is 17.2 Å². The summed E-state index contributed by atoms with van der Waals surface area (Å²) in [4.78, 5) is 23.3. The number of hydrogen-bond acceptors (Lipinski definition) is 5. The lowest BCUT2D eigenvalue weighted by atomic mass is 10.1. The van der Waals surface area contributed by atoms with E-state index in [-0.39, 0.29) is 11.0 Å². The second kappa shape index (κ2) is 9.03. The Morgan fingerprint density at radius 1 is 1.19 bits per heavy atom. The van der Waals surface area contributed by atoms with E-state index in [4.69, 9.17) is 0 Å². The molecule has 144 valence electrons. The van der Waals surface area contributed by atoms with E-state index in [9.17, 15) is 9.59 Å². The average molecular weight is 388 g/mol. The molecule has 0 radical (unpaired) electrons. The molecular weight excluding hydrogens is 362 g/mol. The third kappa shape index (κ3) is 4.50. The Balaban J connectivity index is 1.53. The van der Waals surface area contributed by atoms with Gasteiger partial charge < -0.3 is 5.32 Å². The van der Waals surface area contributed by atoms with E-state index in [1.54, 1.807) is 6.92 Å². The summed E-state index contributed by atoms with van der Waals surface area (Å²) in [7, 11) is 0. The number of aromatic nitrogens is 4. The second-order valence-electron chi connectivity index (χ2n) is 6.46. The van der Waals surface area contributed by atoms with Gasteiger partial charge >= 0.3 is 0 Å². The van der Waals surface area contributed by atoms with Crippen LogP contribution in [-0.2, 0) is 11.3 Å². The summed E-state index contributed by atoms with van der Waals surface area (Å²) in [6, 6.07) is 3.91. The van der Waals surface area contributed by atoms with Crippen molar-refractivity contribution in [2.45, 2.75) is 46.1 Å². The van der Waals surface area contributed by atoms with Gasteiger partial charge in [0.25, 0.3) is 5.91 Å². The summed E-state index contributed by atoms with van der Waals surface area (Å²) in [5.74, 6) is 0.722. The number of amides is 1. The van der Waals surface area contributed by atoms with Gasteiger partial charge in [-0.2, -0.15) is 10.2 Å². The van der Waals surface area contributed by atoms with Crippen LogP contribution in [0.1, 0.15) is 50.0 Å². The predicted molar refractivity (Wildman–Crippen MR) is 109 cm³/mol. The zero-order chi connectivity index (χ0) is 19.2. The van der Waals surface area contributed by atoms with Gasteiger partial charge in [0.1, 0.15) is 0 Å². The van der Waals surface area contributed by atoms with Crippen LogP contribution < -0.4 is 5.32 Å². The first-order chi connectivity index (χ1) is 13.1. The first-order valence-corrected chi connectivity index (χ1v) is 10.3. The van der Waals surface area contributed by atoms with Crippen molar-refractivity contribution >= 4 is 44.6 Å². The van der Waals surface area contributed by atoms with Crippen LogP contribution in [0.3, 0.4) is 0 Å². The van der Waals surface area contributed by atoms with E-state index in [1.165, 1.54) is 11.8 Å². The number of H-pyrrole nitrogens is 1. The van der Waals surface area contributed by atoms with Crippen molar-refractivity contribution in [2.75, 3.05) is 12.3 Å². The molecule has 1 aromatic carbocycles. The Morgan fingerprint density at radius 3 is 2.78 bits per heavy atom. The third-order valence-corrected chi connectivity index (χ3v) is 5.44. The van der Waals surface area contributed by atoms with E-state index in [1.807, 2.05) is 29.9 Å². The summed E-state index contributed by atoms with van der Waals surface area (Å²) in [6.07, 6.45) is 5.87. The van der Waals surface area contributed by atoms with Crippen molar-refractivity contribution in [1.82, 2.24) is 25.3 Å². The van der Waals surface area contributed by atoms with Crippen molar-refractivity contribution in [2.24, 2.45) is 0 Å². The van der Waals surface area contributed by atoms with Crippen LogP contribution in [0.5, 0.6) is 0 Å². The molecule has 3 aromatic rings. The van der Waals surface area contributed by atoms with Gasteiger partial charge in [-0.25, -0.2) is 0 Å². The fourth-order valence-electron chi connectivity index (χ4n) is 3.15. The molecule has 0 unspecified atom stereocenters. The molecule has 1 amide bonds. The quantitative estimate of drug-likeness (QED) is 0.548. The summed E-state index contributed by atoms with van der Waals surface area (Å²) >= 11 is 1.38. The summed E-state index contributed by atoms with van der Waals surface area (Å²) in [5, 5.41) is 16.5. The molecule has 27 heavy (non-hydrogen) atoms. The van der Waals surface area contributed by atoms with Gasteiger partial charge in [0, 0.05) is 36.5 Å². The number of fused-ring (bicyclic) bond motifs is 3. The Bertz CT molecular complexity index is 946. The molecule has 3 rings (SSSR count). The van der Waals surface area contributed by atoms with Gasteiger partial charge in [-0.05, 0) is 31.9 Å². The highest BCUT2D eigenvalue weighted by Gasteiger charge is 2.16. The van der Waals surface area contributed by atoms with E-state index in [0.717, 1.165) is 59.8 Å². The molecule has 0 bridgehead atoms. The van der Waals surface area contributed by atoms with Gasteiger partial charge in [-0.15, -0.1) is 0 Å². The van der Waals surface area contributed by atoms with Crippen molar-refractivity contribution in [1.29, 1.82) is 0 Å². The van der Waals surface area contributed by atoms with Gasteiger partial charge in [0.15, 0.2) is 10.8 Å². The van der Waals surface area contributed by atoms with Gasteiger partial charge in [-0.3, -0.25) is 19.4 Å². The van der Waals surface area contributed by atoms with Gasteiger partial charge in [0.2, 0.25) is 0 Å². The first kappa shape index (κ1) is 19.4. The van der Waals surface area contributed by atoms with E-state index < -0.39 is 0 Å². The molecule has 2 heterocycles. The Kier molecular flexibility index (Phi) is 6.49. The second-order valence-corrected chi connectivity index (χ2v) is 7.74. The van der Waals surface area contributed by atoms with Crippen LogP contribution in [0.15, 0.2) is 18.3 Å². The fourth-order valence-corrected chi connectivity index (χ4v) is 3.79. The number of nitrogens with zero attached hydrogens (tertiary/aromatic N) is 3. The minimum atomic E-state index is -0.157. The first-order valence-electron chi connectivity index (χ1n) is 9.36. The molecule has 0 spiro atoms. The lowest BCUT2D eigenvalue weighted by Gasteiger charge is -2.04. The number of aromatic amines is 1. The zero-order valence-corrected chi connectivity index (χ0v) is 16.6. The van der Waals surface area contributed by atoms with Crippen LogP contribution in [0.25, 0.3) is 21.8 Å². The normalized spacial score (nSPS) is 11.3. The maximum absolute atomic E-state index is 12.5. The molecule has 7 nitrogen and oxygen atoms in total. The Hall–Kier alpha value is -2.35. The Morgan fingerprint density at radius 2 is 2.00 bits per heavy atom. The average Bonchev–Trinajstić information content (AvgIpc) is 3.26. The van der Waals surface area contributed by atoms with Crippen LogP contribution in [0.2, 0.25) is 0 Å². The molecule has 0 saturated carbocycles. The number of rotatable bonds is 9. The lowest BCUT2D eigenvalue weighted by molar-refractivity contribution is -0.109. The van der Waals surface area contributed by atoms with E-state index in [0.29, 0.717) is 12.2 Å². The number of thioether (sulfide) groups is 1. The van der Waals surface area contributed by atoms with Crippen molar-refractivity contribution < 1.29 is 9.59 Å². The number of unbranched alkanes of at least 4 members (excludes halogenated alkanes) is 3. The van der Waals surface area contributed by atoms with Crippen molar-refractivity contribution in [3.05, 3.63) is 24.0 Å². The van der Waals surface area contributed by atoms with E-state index in [2.05, 4.69) is 20.6 Å². The van der Waals surface area contributed by atoms with Crippen LogP contribution in [0, 0.1) is 0 Å². The number of carbonyl (C=O) groups is 2. The molecule has 2 aromatic heterocycles. The van der Waals surface area contributed by atoms with Crippen molar-refractivity contribution in [3.63, 3.8) is 0 Å². The topological polar surface area (TPSA) is 92.7 Å². The minimum absolute atomic E-state index is 0.157. The van der Waals surface area contributed by atoms with Crippen LogP contribution in [0.4, 0.5) is 0 Å². The van der Waals surface area contributed by atoms with Crippen LogP contribution >= 0.6 is 11.8 Å². The monoisotopic (exact) mass is 387 g/mol. The molecule has 0 fully saturated rings. The number of hydrogen-bond donors (Lipinski definition) is 2.